The molecule has 1 fully saturated rings. The topological polar surface area (TPSA) is 51.2 Å². The Morgan fingerprint density at radius 2 is 1.80 bits per heavy atom. The van der Waals surface area contributed by atoms with Crippen molar-refractivity contribution in [3.63, 3.8) is 0 Å². The zero-order valence-corrected chi connectivity index (χ0v) is 18.2. The van der Waals surface area contributed by atoms with E-state index in [1.54, 1.807) is 14.2 Å². The van der Waals surface area contributed by atoms with Crippen LogP contribution in [0, 0.1) is 0 Å². The van der Waals surface area contributed by atoms with Crippen molar-refractivity contribution in [2.75, 3.05) is 41.0 Å². The number of hydrogen-bond donors (Lipinski definition) is 0. The second kappa shape index (κ2) is 10.9. The molecule has 2 aromatic carbocycles. The molecule has 0 aromatic heterocycles. The van der Waals surface area contributed by atoms with E-state index in [2.05, 4.69) is 29.2 Å². The molecule has 0 radical (unpaired) electrons. The molecule has 3 rings (SSSR count). The number of methoxy groups -OCH3 is 3. The number of benzene rings is 2. The minimum absolute atomic E-state index is 0.148. The normalized spacial score (nSPS) is 16.7. The molecule has 2 aromatic rings. The lowest BCUT2D eigenvalue weighted by Crippen LogP contribution is -2.50. The van der Waals surface area contributed by atoms with Crippen LogP contribution in [0.1, 0.15) is 24.0 Å². The van der Waals surface area contributed by atoms with E-state index in [9.17, 15) is 4.79 Å². The first-order chi connectivity index (χ1) is 14.6. The number of likely N-dealkylation sites (tertiary alicyclic amines) is 1. The summed E-state index contributed by atoms with van der Waals surface area (Å²) in [6.45, 7) is 3.42. The lowest BCUT2D eigenvalue weighted by molar-refractivity contribution is 0.0707. The molecular weight excluding hydrogens is 380 g/mol. The highest BCUT2D eigenvalue weighted by Crippen LogP contribution is 2.28. The quantitative estimate of drug-likeness (QED) is 0.656. The van der Waals surface area contributed by atoms with E-state index >= 15 is 0 Å². The third-order valence-corrected chi connectivity index (χ3v) is 5.67. The number of amides is 1. The van der Waals surface area contributed by atoms with Crippen molar-refractivity contribution < 1.29 is 19.0 Å². The van der Waals surface area contributed by atoms with Crippen molar-refractivity contribution in [2.24, 2.45) is 0 Å². The molecule has 0 spiro atoms. The first-order valence-corrected chi connectivity index (χ1v) is 10.5. The highest BCUT2D eigenvalue weighted by atomic mass is 16.5. The first-order valence-electron chi connectivity index (χ1n) is 10.5. The van der Waals surface area contributed by atoms with Gasteiger partial charge in [0.1, 0.15) is 0 Å². The summed E-state index contributed by atoms with van der Waals surface area (Å²) in [7, 11) is 4.71. The van der Waals surface area contributed by atoms with E-state index in [0.29, 0.717) is 18.0 Å². The predicted octanol–water partition coefficient (Wildman–Crippen LogP) is 3.98. The summed E-state index contributed by atoms with van der Waals surface area (Å²) in [6, 6.07) is 16.5. The summed E-state index contributed by atoms with van der Waals surface area (Å²) in [5.41, 5.74) is 2.40. The standard InChI is InChI=1S/C24H32N2O4/c1-28-22-12-11-19(16-23(22)29-2)13-15-26(24(27)30-3)21-10-7-14-25(18-21)17-20-8-5-4-6-9-20/h4-6,8-9,11-12,16,21H,7,10,13-15,17-18H2,1-3H3. The third kappa shape index (κ3) is 5.66. The second-order valence-corrected chi connectivity index (χ2v) is 7.62. The molecule has 6 heteroatoms. The SMILES string of the molecule is COC(=O)N(CCc1ccc(OC)c(OC)c1)C1CCCN(Cc2ccccc2)C1. The van der Waals surface area contributed by atoms with E-state index in [4.69, 9.17) is 14.2 Å². The van der Waals surface area contributed by atoms with Crippen LogP contribution < -0.4 is 9.47 Å². The number of hydrogen-bond acceptors (Lipinski definition) is 5. The smallest absolute Gasteiger partial charge is 0.409 e. The van der Waals surface area contributed by atoms with Crippen molar-refractivity contribution in [1.82, 2.24) is 9.80 Å². The average molecular weight is 413 g/mol. The molecule has 1 aliphatic heterocycles. The fourth-order valence-electron chi connectivity index (χ4n) is 4.10. The van der Waals surface area contributed by atoms with Crippen LogP contribution in [-0.2, 0) is 17.7 Å². The van der Waals surface area contributed by atoms with Crippen LogP contribution in [0.3, 0.4) is 0 Å². The summed E-state index contributed by atoms with van der Waals surface area (Å²) in [4.78, 5) is 16.9. The molecule has 1 atom stereocenters. The Kier molecular flexibility index (Phi) is 7.97. The fraction of sp³-hybridized carbons (Fsp3) is 0.458. The van der Waals surface area contributed by atoms with Gasteiger partial charge >= 0.3 is 6.09 Å². The van der Waals surface area contributed by atoms with Gasteiger partial charge in [0.05, 0.1) is 21.3 Å². The van der Waals surface area contributed by atoms with Crippen molar-refractivity contribution in [3.05, 3.63) is 59.7 Å². The van der Waals surface area contributed by atoms with Gasteiger partial charge in [-0.1, -0.05) is 36.4 Å². The molecule has 30 heavy (non-hydrogen) atoms. The van der Waals surface area contributed by atoms with Gasteiger partial charge in [-0.3, -0.25) is 4.90 Å². The van der Waals surface area contributed by atoms with E-state index in [0.717, 1.165) is 44.5 Å². The van der Waals surface area contributed by atoms with Gasteiger partial charge in [-0.25, -0.2) is 4.79 Å². The maximum atomic E-state index is 12.6. The van der Waals surface area contributed by atoms with Gasteiger partial charge in [-0.2, -0.15) is 0 Å². The van der Waals surface area contributed by atoms with Crippen LogP contribution in [0.2, 0.25) is 0 Å². The van der Waals surface area contributed by atoms with Crippen molar-refractivity contribution in [3.8, 4) is 11.5 Å². The monoisotopic (exact) mass is 412 g/mol. The molecule has 1 aliphatic rings. The Balaban J connectivity index is 1.65. The number of carbonyl (C=O) groups excluding carboxylic acids is 1. The van der Waals surface area contributed by atoms with E-state index < -0.39 is 0 Å². The number of carbonyl (C=O) groups is 1. The molecule has 0 bridgehead atoms. The molecule has 1 amide bonds. The Morgan fingerprint density at radius 1 is 1.03 bits per heavy atom. The molecule has 0 N–H and O–H groups in total. The first kappa shape index (κ1) is 22.0. The second-order valence-electron chi connectivity index (χ2n) is 7.62. The van der Waals surface area contributed by atoms with Crippen molar-refractivity contribution in [2.45, 2.75) is 31.8 Å². The number of nitrogens with zero attached hydrogens (tertiary/aromatic N) is 2. The summed E-state index contributed by atoms with van der Waals surface area (Å²) in [5, 5.41) is 0. The molecule has 0 aliphatic carbocycles. The van der Waals surface area contributed by atoms with Crippen LogP contribution in [0.15, 0.2) is 48.5 Å². The van der Waals surface area contributed by atoms with Gasteiger partial charge in [0.15, 0.2) is 11.5 Å². The number of ether oxygens (including phenoxy) is 3. The number of rotatable bonds is 8. The molecule has 162 valence electrons. The van der Waals surface area contributed by atoms with Crippen LogP contribution in [0.5, 0.6) is 11.5 Å². The maximum absolute atomic E-state index is 12.6. The van der Waals surface area contributed by atoms with E-state index in [1.807, 2.05) is 29.2 Å². The van der Waals surface area contributed by atoms with Gasteiger partial charge in [0, 0.05) is 25.7 Å². The lowest BCUT2D eigenvalue weighted by Gasteiger charge is -2.38. The zero-order chi connectivity index (χ0) is 21.3. The molecule has 6 nitrogen and oxygen atoms in total. The zero-order valence-electron chi connectivity index (χ0n) is 18.2. The molecule has 1 saturated heterocycles. The van der Waals surface area contributed by atoms with Crippen LogP contribution in [0.25, 0.3) is 0 Å². The highest BCUT2D eigenvalue weighted by molar-refractivity contribution is 5.68. The maximum Gasteiger partial charge on any atom is 0.409 e. The molecule has 1 unspecified atom stereocenters. The molecular formula is C24H32N2O4. The average Bonchev–Trinajstić information content (AvgIpc) is 2.79. The third-order valence-electron chi connectivity index (χ3n) is 5.67. The van der Waals surface area contributed by atoms with Gasteiger partial charge in [0.2, 0.25) is 0 Å². The minimum atomic E-state index is -0.262. The largest absolute Gasteiger partial charge is 0.493 e. The Morgan fingerprint density at radius 3 is 2.50 bits per heavy atom. The summed E-state index contributed by atoms with van der Waals surface area (Å²) in [5.74, 6) is 1.40. The predicted molar refractivity (Wildman–Crippen MR) is 117 cm³/mol. The number of piperidine rings is 1. The molecule has 0 saturated carbocycles. The van der Waals surface area contributed by atoms with Crippen molar-refractivity contribution in [1.29, 1.82) is 0 Å². The van der Waals surface area contributed by atoms with Crippen LogP contribution in [-0.4, -0.2) is 62.9 Å². The Bertz CT molecular complexity index is 812. The van der Waals surface area contributed by atoms with E-state index in [1.165, 1.54) is 12.7 Å². The fourth-order valence-corrected chi connectivity index (χ4v) is 4.10. The summed E-state index contributed by atoms with van der Waals surface area (Å²) >= 11 is 0. The van der Waals surface area contributed by atoms with Crippen LogP contribution in [0.4, 0.5) is 4.79 Å². The van der Waals surface area contributed by atoms with Gasteiger partial charge in [-0.05, 0) is 49.1 Å². The van der Waals surface area contributed by atoms with Crippen LogP contribution >= 0.6 is 0 Å². The minimum Gasteiger partial charge on any atom is -0.493 e. The van der Waals surface area contributed by atoms with Gasteiger partial charge in [0.25, 0.3) is 0 Å². The lowest BCUT2D eigenvalue weighted by atomic mass is 10.0. The van der Waals surface area contributed by atoms with E-state index in [-0.39, 0.29) is 12.1 Å². The molecule has 1 heterocycles. The summed E-state index contributed by atoms with van der Waals surface area (Å²) in [6.07, 6.45) is 2.53. The highest BCUT2D eigenvalue weighted by Gasteiger charge is 2.29. The summed E-state index contributed by atoms with van der Waals surface area (Å²) < 4.78 is 15.8. The Labute approximate surface area is 179 Å². The van der Waals surface area contributed by atoms with Crippen molar-refractivity contribution >= 4 is 6.09 Å². The van der Waals surface area contributed by atoms with Gasteiger partial charge in [-0.15, -0.1) is 0 Å². The van der Waals surface area contributed by atoms with Gasteiger partial charge < -0.3 is 19.1 Å². The Hall–Kier alpha value is -2.73.